The normalized spacial score (nSPS) is 18.6. The van der Waals surface area contributed by atoms with Crippen molar-refractivity contribution in [2.45, 2.75) is 19.1 Å². The van der Waals surface area contributed by atoms with Crippen molar-refractivity contribution in [3.8, 4) is 11.5 Å². The standard InChI is InChI=1S/C18H21NO2/c1-20-16-7-9-17(10-8-16)21-18-11-12-19(14-18)13-15-5-3-2-4-6-15/h2-10,18H,11-14H2,1H3. The SMILES string of the molecule is COc1ccc(OC2CCN(Cc3ccccc3)C2)cc1. The van der Waals surface area contributed by atoms with Gasteiger partial charge in [0.05, 0.1) is 7.11 Å². The van der Waals surface area contributed by atoms with Gasteiger partial charge in [-0.2, -0.15) is 0 Å². The lowest BCUT2D eigenvalue weighted by atomic mass is 10.2. The minimum Gasteiger partial charge on any atom is -0.497 e. The van der Waals surface area contributed by atoms with Gasteiger partial charge in [0.15, 0.2) is 0 Å². The van der Waals surface area contributed by atoms with Gasteiger partial charge in [-0.05, 0) is 36.2 Å². The molecular formula is C18H21NO2. The van der Waals surface area contributed by atoms with Crippen LogP contribution in [0.4, 0.5) is 0 Å². The summed E-state index contributed by atoms with van der Waals surface area (Å²) in [5.41, 5.74) is 1.36. The van der Waals surface area contributed by atoms with Gasteiger partial charge in [0.25, 0.3) is 0 Å². The second kappa shape index (κ2) is 6.64. The van der Waals surface area contributed by atoms with E-state index in [9.17, 15) is 0 Å². The smallest absolute Gasteiger partial charge is 0.120 e. The van der Waals surface area contributed by atoms with Crippen molar-refractivity contribution >= 4 is 0 Å². The zero-order chi connectivity index (χ0) is 14.5. The summed E-state index contributed by atoms with van der Waals surface area (Å²) in [6, 6.07) is 18.4. The number of hydrogen-bond donors (Lipinski definition) is 0. The lowest BCUT2D eigenvalue weighted by molar-refractivity contribution is 0.198. The maximum Gasteiger partial charge on any atom is 0.120 e. The number of benzene rings is 2. The molecule has 21 heavy (non-hydrogen) atoms. The predicted octanol–water partition coefficient (Wildman–Crippen LogP) is 3.35. The van der Waals surface area contributed by atoms with Gasteiger partial charge >= 0.3 is 0 Å². The molecule has 0 aliphatic carbocycles. The zero-order valence-electron chi connectivity index (χ0n) is 12.4. The molecule has 2 aromatic rings. The summed E-state index contributed by atoms with van der Waals surface area (Å²) < 4.78 is 11.2. The van der Waals surface area contributed by atoms with Crippen LogP contribution >= 0.6 is 0 Å². The van der Waals surface area contributed by atoms with Crippen LogP contribution in [0.15, 0.2) is 54.6 Å². The van der Waals surface area contributed by atoms with Gasteiger partial charge in [-0.25, -0.2) is 0 Å². The van der Waals surface area contributed by atoms with Crippen LogP contribution in [-0.2, 0) is 6.54 Å². The molecule has 3 rings (SSSR count). The van der Waals surface area contributed by atoms with E-state index >= 15 is 0 Å². The lowest BCUT2D eigenvalue weighted by Crippen LogP contribution is -2.24. The Labute approximate surface area is 126 Å². The van der Waals surface area contributed by atoms with Crippen LogP contribution in [0.2, 0.25) is 0 Å². The Morgan fingerprint density at radius 3 is 2.43 bits per heavy atom. The van der Waals surface area contributed by atoms with E-state index in [1.54, 1.807) is 7.11 Å². The number of hydrogen-bond acceptors (Lipinski definition) is 3. The first-order valence-electron chi connectivity index (χ1n) is 7.40. The molecule has 3 nitrogen and oxygen atoms in total. The topological polar surface area (TPSA) is 21.7 Å². The summed E-state index contributed by atoms with van der Waals surface area (Å²) in [7, 11) is 1.67. The molecule has 0 saturated carbocycles. The molecule has 1 atom stereocenters. The highest BCUT2D eigenvalue weighted by atomic mass is 16.5. The number of rotatable bonds is 5. The van der Waals surface area contributed by atoms with Crippen molar-refractivity contribution in [3.05, 3.63) is 60.2 Å². The van der Waals surface area contributed by atoms with Crippen molar-refractivity contribution in [3.63, 3.8) is 0 Å². The van der Waals surface area contributed by atoms with Crippen LogP contribution in [0, 0.1) is 0 Å². The van der Waals surface area contributed by atoms with Crippen molar-refractivity contribution in [2.24, 2.45) is 0 Å². The third-order valence-corrected chi connectivity index (χ3v) is 3.84. The number of methoxy groups -OCH3 is 1. The zero-order valence-corrected chi connectivity index (χ0v) is 12.4. The maximum absolute atomic E-state index is 6.05. The Balaban J connectivity index is 1.52. The van der Waals surface area contributed by atoms with E-state index in [-0.39, 0.29) is 6.10 Å². The number of likely N-dealkylation sites (tertiary alicyclic amines) is 1. The molecule has 0 aromatic heterocycles. The highest BCUT2D eigenvalue weighted by Crippen LogP contribution is 2.22. The van der Waals surface area contributed by atoms with Gasteiger partial charge in [0.2, 0.25) is 0 Å². The summed E-state index contributed by atoms with van der Waals surface area (Å²) in [6.45, 7) is 3.08. The molecule has 110 valence electrons. The molecule has 0 bridgehead atoms. The van der Waals surface area contributed by atoms with E-state index in [1.807, 2.05) is 24.3 Å². The van der Waals surface area contributed by atoms with Crippen molar-refractivity contribution in [1.29, 1.82) is 0 Å². The second-order valence-electron chi connectivity index (χ2n) is 5.42. The second-order valence-corrected chi connectivity index (χ2v) is 5.42. The summed E-state index contributed by atoms with van der Waals surface area (Å²) in [5, 5.41) is 0. The summed E-state index contributed by atoms with van der Waals surface area (Å²) in [4.78, 5) is 2.45. The van der Waals surface area contributed by atoms with E-state index in [0.717, 1.165) is 37.6 Å². The van der Waals surface area contributed by atoms with Crippen LogP contribution in [0.25, 0.3) is 0 Å². The first-order valence-corrected chi connectivity index (χ1v) is 7.40. The van der Waals surface area contributed by atoms with Crippen LogP contribution in [0.5, 0.6) is 11.5 Å². The molecule has 1 heterocycles. The molecule has 1 fully saturated rings. The molecule has 0 N–H and O–H groups in total. The van der Waals surface area contributed by atoms with E-state index in [0.29, 0.717) is 0 Å². The highest BCUT2D eigenvalue weighted by molar-refractivity contribution is 5.31. The van der Waals surface area contributed by atoms with Crippen LogP contribution in [-0.4, -0.2) is 31.2 Å². The molecule has 2 aromatic carbocycles. The molecule has 0 amide bonds. The summed E-state index contributed by atoms with van der Waals surface area (Å²) in [5.74, 6) is 1.78. The minimum atomic E-state index is 0.280. The van der Waals surface area contributed by atoms with Gasteiger partial charge in [-0.15, -0.1) is 0 Å². The van der Waals surface area contributed by atoms with Crippen molar-refractivity contribution in [1.82, 2.24) is 4.90 Å². The number of nitrogens with zero attached hydrogens (tertiary/aromatic N) is 1. The quantitative estimate of drug-likeness (QED) is 0.840. The highest BCUT2D eigenvalue weighted by Gasteiger charge is 2.23. The Hall–Kier alpha value is -2.00. The Morgan fingerprint density at radius 1 is 1.00 bits per heavy atom. The predicted molar refractivity (Wildman–Crippen MR) is 83.7 cm³/mol. The molecular weight excluding hydrogens is 262 g/mol. The first kappa shape index (κ1) is 14.0. The Kier molecular flexibility index (Phi) is 4.41. The Morgan fingerprint density at radius 2 is 1.71 bits per heavy atom. The lowest BCUT2D eigenvalue weighted by Gasteiger charge is -2.17. The fourth-order valence-corrected chi connectivity index (χ4v) is 2.73. The van der Waals surface area contributed by atoms with Crippen LogP contribution in [0.3, 0.4) is 0 Å². The Bertz CT molecular complexity index is 553. The molecule has 3 heteroatoms. The van der Waals surface area contributed by atoms with Gasteiger partial charge in [-0.3, -0.25) is 4.90 Å². The van der Waals surface area contributed by atoms with Gasteiger partial charge < -0.3 is 9.47 Å². The van der Waals surface area contributed by atoms with E-state index in [4.69, 9.17) is 9.47 Å². The van der Waals surface area contributed by atoms with Gasteiger partial charge in [-0.1, -0.05) is 30.3 Å². The molecule has 0 spiro atoms. The van der Waals surface area contributed by atoms with E-state index in [1.165, 1.54) is 5.56 Å². The third-order valence-electron chi connectivity index (χ3n) is 3.84. The average molecular weight is 283 g/mol. The van der Waals surface area contributed by atoms with Crippen molar-refractivity contribution < 1.29 is 9.47 Å². The van der Waals surface area contributed by atoms with E-state index in [2.05, 4.69) is 35.2 Å². The maximum atomic E-state index is 6.05. The molecule has 1 unspecified atom stereocenters. The summed E-state index contributed by atoms with van der Waals surface area (Å²) in [6.07, 6.45) is 1.36. The molecule has 1 saturated heterocycles. The fourth-order valence-electron chi connectivity index (χ4n) is 2.73. The largest absolute Gasteiger partial charge is 0.497 e. The minimum absolute atomic E-state index is 0.280. The molecule has 1 aliphatic heterocycles. The van der Waals surface area contributed by atoms with Gasteiger partial charge in [0, 0.05) is 19.6 Å². The fraction of sp³-hybridized carbons (Fsp3) is 0.333. The first-order chi connectivity index (χ1) is 10.3. The van der Waals surface area contributed by atoms with Crippen LogP contribution in [0.1, 0.15) is 12.0 Å². The number of ether oxygens (including phenoxy) is 2. The third kappa shape index (κ3) is 3.76. The molecule has 1 aliphatic rings. The monoisotopic (exact) mass is 283 g/mol. The van der Waals surface area contributed by atoms with Gasteiger partial charge in [0.1, 0.15) is 17.6 Å². The van der Waals surface area contributed by atoms with E-state index < -0.39 is 0 Å². The van der Waals surface area contributed by atoms with Crippen molar-refractivity contribution in [2.75, 3.05) is 20.2 Å². The summed E-state index contributed by atoms with van der Waals surface area (Å²) >= 11 is 0. The van der Waals surface area contributed by atoms with Crippen LogP contribution < -0.4 is 9.47 Å². The molecule has 0 radical (unpaired) electrons. The average Bonchev–Trinajstić information content (AvgIpc) is 2.96.